The third-order valence-corrected chi connectivity index (χ3v) is 9.69. The number of thiophene rings is 1. The third kappa shape index (κ3) is 2.41. The highest BCUT2D eigenvalue weighted by Gasteiger charge is 2.59. The van der Waals surface area contributed by atoms with E-state index in [1.54, 1.807) is 50.4 Å². The van der Waals surface area contributed by atoms with E-state index < -0.39 is 20.2 Å². The molecular formula is C22H20N2O3S2. The Kier molecular flexibility index (Phi) is 3.70. The van der Waals surface area contributed by atoms with Gasteiger partial charge < -0.3 is 10.4 Å². The van der Waals surface area contributed by atoms with Crippen molar-refractivity contribution >= 4 is 54.2 Å². The van der Waals surface area contributed by atoms with E-state index in [0.717, 1.165) is 16.8 Å². The summed E-state index contributed by atoms with van der Waals surface area (Å²) in [6.45, 7) is 4.69. The van der Waals surface area contributed by atoms with Crippen LogP contribution in [-0.4, -0.2) is 23.3 Å². The lowest BCUT2D eigenvalue weighted by atomic mass is 9.84. The number of sulfone groups is 1. The molecule has 0 saturated heterocycles. The van der Waals surface area contributed by atoms with Crippen LogP contribution in [-0.2, 0) is 15.4 Å². The quantitative estimate of drug-likeness (QED) is 0.475. The molecule has 2 N–H and O–H groups in total. The van der Waals surface area contributed by atoms with Crippen LogP contribution in [0, 0.1) is 0 Å². The summed E-state index contributed by atoms with van der Waals surface area (Å²) in [6.07, 6.45) is 1.68. The molecule has 2 aromatic heterocycles. The summed E-state index contributed by atoms with van der Waals surface area (Å²) in [5.41, 5.74) is 1.23. The second kappa shape index (κ2) is 5.78. The van der Waals surface area contributed by atoms with Gasteiger partial charge in [0.25, 0.3) is 0 Å². The number of hydrogen-bond donors (Lipinski definition) is 2. The number of anilines is 2. The summed E-state index contributed by atoms with van der Waals surface area (Å²) < 4.78 is 25.0. The van der Waals surface area contributed by atoms with Crippen LogP contribution < -0.4 is 5.32 Å². The van der Waals surface area contributed by atoms with Crippen LogP contribution in [0.5, 0.6) is 0 Å². The van der Waals surface area contributed by atoms with Gasteiger partial charge in [0.2, 0.25) is 0 Å². The predicted octanol–water partition coefficient (Wildman–Crippen LogP) is 4.97. The molecule has 0 aliphatic carbocycles. The predicted molar refractivity (Wildman–Crippen MR) is 118 cm³/mol. The van der Waals surface area contributed by atoms with Crippen molar-refractivity contribution in [1.82, 2.24) is 4.98 Å². The SMILES string of the molecule is CC1(O)c2cc3nccc(Nc4ccc5cscc5c4)c3cc2S(=O)(=O)C1(C)C. The molecule has 0 bridgehead atoms. The summed E-state index contributed by atoms with van der Waals surface area (Å²) in [7, 11) is -3.70. The van der Waals surface area contributed by atoms with E-state index in [9.17, 15) is 13.5 Å². The van der Waals surface area contributed by atoms with E-state index in [2.05, 4.69) is 33.2 Å². The maximum atomic E-state index is 13.2. The zero-order valence-corrected chi connectivity index (χ0v) is 17.9. The Bertz CT molecular complexity index is 1400. The van der Waals surface area contributed by atoms with Crippen LogP contribution in [0.1, 0.15) is 26.3 Å². The number of nitrogens with one attached hydrogen (secondary N) is 1. The normalized spacial score (nSPS) is 22.1. The smallest absolute Gasteiger partial charge is 0.187 e. The Hall–Kier alpha value is -2.48. The first-order valence-electron chi connectivity index (χ1n) is 9.26. The van der Waals surface area contributed by atoms with Gasteiger partial charge in [-0.25, -0.2) is 8.42 Å². The molecule has 1 unspecified atom stereocenters. The van der Waals surface area contributed by atoms with Crippen LogP contribution >= 0.6 is 11.3 Å². The fourth-order valence-electron chi connectivity index (χ4n) is 3.94. The van der Waals surface area contributed by atoms with E-state index >= 15 is 0 Å². The number of aromatic nitrogens is 1. The molecule has 0 spiro atoms. The van der Waals surface area contributed by atoms with Gasteiger partial charge in [0.1, 0.15) is 10.3 Å². The van der Waals surface area contributed by atoms with Crippen molar-refractivity contribution < 1.29 is 13.5 Å². The molecule has 1 aliphatic heterocycles. The summed E-state index contributed by atoms with van der Waals surface area (Å²) in [6, 6.07) is 11.3. The van der Waals surface area contributed by atoms with Crippen molar-refractivity contribution in [2.75, 3.05) is 5.32 Å². The van der Waals surface area contributed by atoms with E-state index in [0.29, 0.717) is 16.5 Å². The fraction of sp³-hybridized carbons (Fsp3) is 0.227. The molecule has 0 saturated carbocycles. The molecule has 1 aliphatic rings. The number of fused-ring (bicyclic) bond motifs is 3. The van der Waals surface area contributed by atoms with Gasteiger partial charge in [0.15, 0.2) is 9.84 Å². The molecule has 0 fully saturated rings. The summed E-state index contributed by atoms with van der Waals surface area (Å²) >= 11 is 1.66. The largest absolute Gasteiger partial charge is 0.384 e. The van der Waals surface area contributed by atoms with Crippen molar-refractivity contribution in [2.24, 2.45) is 0 Å². The van der Waals surface area contributed by atoms with Gasteiger partial charge in [0, 0.05) is 28.5 Å². The topological polar surface area (TPSA) is 79.3 Å². The number of pyridine rings is 1. The molecule has 5 rings (SSSR count). The monoisotopic (exact) mass is 424 g/mol. The second-order valence-corrected chi connectivity index (χ2v) is 11.4. The minimum absolute atomic E-state index is 0.171. The van der Waals surface area contributed by atoms with Crippen LogP contribution in [0.3, 0.4) is 0 Å². The zero-order valence-electron chi connectivity index (χ0n) is 16.2. The first kappa shape index (κ1) is 18.5. The second-order valence-electron chi connectivity index (χ2n) is 8.15. The zero-order chi connectivity index (χ0) is 20.6. The number of aliphatic hydroxyl groups is 1. The van der Waals surface area contributed by atoms with Crippen LogP contribution in [0.4, 0.5) is 11.4 Å². The van der Waals surface area contributed by atoms with E-state index in [-0.39, 0.29) is 4.90 Å². The van der Waals surface area contributed by atoms with Gasteiger partial charge in [0.05, 0.1) is 10.4 Å². The highest BCUT2D eigenvalue weighted by atomic mass is 32.2. The highest BCUT2D eigenvalue weighted by molar-refractivity contribution is 7.93. The van der Waals surface area contributed by atoms with E-state index in [1.165, 1.54) is 5.39 Å². The van der Waals surface area contributed by atoms with Crippen molar-refractivity contribution in [2.45, 2.75) is 36.0 Å². The van der Waals surface area contributed by atoms with E-state index in [1.807, 2.05) is 12.1 Å². The average Bonchev–Trinajstić information content (AvgIpc) is 3.17. The first-order valence-corrected chi connectivity index (χ1v) is 11.7. The molecule has 2 aromatic carbocycles. The number of rotatable bonds is 2. The van der Waals surface area contributed by atoms with Crippen molar-refractivity contribution in [1.29, 1.82) is 0 Å². The minimum Gasteiger partial charge on any atom is -0.384 e. The average molecular weight is 425 g/mol. The Labute approximate surface area is 173 Å². The van der Waals surface area contributed by atoms with Crippen molar-refractivity contribution in [3.8, 4) is 0 Å². The number of benzene rings is 2. The third-order valence-electron chi connectivity index (χ3n) is 6.26. The van der Waals surface area contributed by atoms with Gasteiger partial charge in [-0.2, -0.15) is 11.3 Å². The Morgan fingerprint density at radius 3 is 2.59 bits per heavy atom. The van der Waals surface area contributed by atoms with Crippen LogP contribution in [0.25, 0.3) is 21.7 Å². The molecule has 1 atom stereocenters. The molecule has 5 nitrogen and oxygen atoms in total. The first-order chi connectivity index (χ1) is 13.6. The maximum Gasteiger partial charge on any atom is 0.187 e. The molecule has 3 heterocycles. The summed E-state index contributed by atoms with van der Waals surface area (Å²) in [5.74, 6) is 0. The number of nitrogens with zero attached hydrogens (tertiary/aromatic N) is 1. The lowest BCUT2D eigenvalue weighted by Gasteiger charge is -2.31. The van der Waals surface area contributed by atoms with Crippen molar-refractivity contribution in [3.63, 3.8) is 0 Å². The molecule has 7 heteroatoms. The Balaban J connectivity index is 1.70. The van der Waals surface area contributed by atoms with Gasteiger partial charge in [-0.15, -0.1) is 0 Å². The molecule has 29 heavy (non-hydrogen) atoms. The maximum absolute atomic E-state index is 13.2. The highest BCUT2D eigenvalue weighted by Crippen LogP contribution is 2.51. The van der Waals surface area contributed by atoms with Gasteiger partial charge in [-0.05, 0) is 72.6 Å². The molecule has 0 amide bonds. The molecule has 0 radical (unpaired) electrons. The fourth-order valence-corrected chi connectivity index (χ4v) is 6.73. The van der Waals surface area contributed by atoms with Gasteiger partial charge >= 0.3 is 0 Å². The van der Waals surface area contributed by atoms with Crippen LogP contribution in [0.15, 0.2) is 58.3 Å². The molecule has 148 valence electrons. The standard InChI is InChI=1S/C22H20N2O3S2/c1-21(2)22(3,25)17-10-19-16(9-20(17)29(21,26)27)18(6-7-23-19)24-15-5-4-13-11-28-12-14(13)8-15/h4-12,25H,1-3H3,(H,23,24). The van der Waals surface area contributed by atoms with Gasteiger partial charge in [-0.3, -0.25) is 4.98 Å². The van der Waals surface area contributed by atoms with Gasteiger partial charge in [-0.1, -0.05) is 6.07 Å². The number of hydrogen-bond acceptors (Lipinski definition) is 6. The summed E-state index contributed by atoms with van der Waals surface area (Å²) in [5, 5.41) is 21.7. The van der Waals surface area contributed by atoms with E-state index in [4.69, 9.17) is 0 Å². The van der Waals surface area contributed by atoms with Crippen LogP contribution in [0.2, 0.25) is 0 Å². The Morgan fingerprint density at radius 1 is 1.03 bits per heavy atom. The van der Waals surface area contributed by atoms with Crippen molar-refractivity contribution in [3.05, 3.63) is 58.9 Å². The molecular weight excluding hydrogens is 404 g/mol. The summed E-state index contributed by atoms with van der Waals surface area (Å²) in [4.78, 5) is 4.59. The Morgan fingerprint density at radius 2 is 1.79 bits per heavy atom. The lowest BCUT2D eigenvalue weighted by Crippen LogP contribution is -2.44. The lowest BCUT2D eigenvalue weighted by molar-refractivity contribution is 0.0264. The minimum atomic E-state index is -3.70. The molecule has 4 aromatic rings.